The van der Waals surface area contributed by atoms with Gasteiger partial charge in [-0.05, 0) is 42.8 Å². The van der Waals surface area contributed by atoms with Crippen LogP contribution in [0.2, 0.25) is 5.02 Å². The van der Waals surface area contributed by atoms with Crippen molar-refractivity contribution in [2.75, 3.05) is 12.3 Å². The van der Waals surface area contributed by atoms with Gasteiger partial charge in [0.1, 0.15) is 11.4 Å². The van der Waals surface area contributed by atoms with E-state index < -0.39 is 10.9 Å². The first-order chi connectivity index (χ1) is 12.4. The molecule has 0 spiro atoms. The number of anilines is 1. The molecule has 26 heavy (non-hydrogen) atoms. The normalized spacial score (nSPS) is 10.7. The molecular weight excluding hydrogens is 358 g/mol. The maximum Gasteiger partial charge on any atom is 0.342 e. The standard InChI is InChI=1S/C18H14ClN3O4/c1-2-26-18(23)16-15(10-3-6-12(7-4-10)22(24)25)13-9-11(19)5-8-14(13)21-17(16)20/h3-9H,2H2,1H3,(H2,20,21). The van der Waals surface area contributed by atoms with E-state index in [1.807, 2.05) is 0 Å². The van der Waals surface area contributed by atoms with Gasteiger partial charge in [-0.1, -0.05) is 11.6 Å². The lowest BCUT2D eigenvalue weighted by Crippen LogP contribution is -2.12. The molecule has 0 aliphatic rings. The van der Waals surface area contributed by atoms with Crippen molar-refractivity contribution >= 4 is 40.0 Å². The number of fused-ring (bicyclic) bond motifs is 1. The number of benzene rings is 2. The number of hydrogen-bond donors (Lipinski definition) is 1. The van der Waals surface area contributed by atoms with E-state index in [-0.39, 0.29) is 23.7 Å². The summed E-state index contributed by atoms with van der Waals surface area (Å²) >= 11 is 6.11. The molecule has 0 fully saturated rings. The highest BCUT2D eigenvalue weighted by molar-refractivity contribution is 6.31. The molecule has 0 bridgehead atoms. The van der Waals surface area contributed by atoms with E-state index in [0.29, 0.717) is 27.1 Å². The Labute approximate surface area is 153 Å². The second-order valence-corrected chi connectivity index (χ2v) is 5.87. The summed E-state index contributed by atoms with van der Waals surface area (Å²) in [6.07, 6.45) is 0. The molecule has 0 unspecified atom stereocenters. The maximum absolute atomic E-state index is 12.5. The average Bonchev–Trinajstić information content (AvgIpc) is 2.61. The summed E-state index contributed by atoms with van der Waals surface area (Å²) in [4.78, 5) is 27.2. The third-order valence-corrected chi connectivity index (χ3v) is 4.06. The molecule has 132 valence electrons. The van der Waals surface area contributed by atoms with Crippen LogP contribution in [0, 0.1) is 10.1 Å². The van der Waals surface area contributed by atoms with Crippen LogP contribution in [-0.2, 0) is 4.74 Å². The highest BCUT2D eigenvalue weighted by Crippen LogP contribution is 2.36. The molecule has 3 aromatic rings. The Morgan fingerprint density at radius 2 is 1.96 bits per heavy atom. The molecule has 0 atom stereocenters. The minimum absolute atomic E-state index is 0.0200. The third-order valence-electron chi connectivity index (χ3n) is 3.82. The minimum Gasteiger partial charge on any atom is -0.462 e. The first-order valence-electron chi connectivity index (χ1n) is 7.73. The number of nitro benzene ring substituents is 1. The van der Waals surface area contributed by atoms with Gasteiger partial charge in [0, 0.05) is 28.1 Å². The van der Waals surface area contributed by atoms with Crippen LogP contribution < -0.4 is 5.73 Å². The van der Waals surface area contributed by atoms with E-state index in [1.165, 1.54) is 12.1 Å². The van der Waals surface area contributed by atoms with Crippen molar-refractivity contribution in [3.8, 4) is 11.1 Å². The second-order valence-electron chi connectivity index (χ2n) is 5.43. The number of nitrogens with two attached hydrogens (primary N) is 1. The summed E-state index contributed by atoms with van der Waals surface area (Å²) in [5.41, 5.74) is 7.66. The van der Waals surface area contributed by atoms with E-state index in [9.17, 15) is 14.9 Å². The smallest absolute Gasteiger partial charge is 0.342 e. The van der Waals surface area contributed by atoms with Crippen LogP contribution in [0.3, 0.4) is 0 Å². The Bertz CT molecular complexity index is 1020. The zero-order chi connectivity index (χ0) is 18.8. The monoisotopic (exact) mass is 371 g/mol. The molecule has 2 N–H and O–H groups in total. The maximum atomic E-state index is 12.5. The molecule has 8 heteroatoms. The van der Waals surface area contributed by atoms with E-state index in [1.54, 1.807) is 37.3 Å². The predicted octanol–water partition coefficient (Wildman–Crippen LogP) is 4.22. The van der Waals surface area contributed by atoms with E-state index in [4.69, 9.17) is 22.1 Å². The number of aromatic nitrogens is 1. The van der Waals surface area contributed by atoms with Gasteiger partial charge < -0.3 is 10.5 Å². The summed E-state index contributed by atoms with van der Waals surface area (Å²) in [6.45, 7) is 1.86. The van der Waals surface area contributed by atoms with Crippen molar-refractivity contribution in [3.05, 3.63) is 63.2 Å². The van der Waals surface area contributed by atoms with Crippen LogP contribution in [0.1, 0.15) is 17.3 Å². The van der Waals surface area contributed by atoms with E-state index in [0.717, 1.165) is 0 Å². The Kier molecular flexibility index (Phi) is 4.73. The number of esters is 1. The van der Waals surface area contributed by atoms with Crippen LogP contribution in [0.15, 0.2) is 42.5 Å². The van der Waals surface area contributed by atoms with Gasteiger partial charge in [0.15, 0.2) is 0 Å². The molecule has 0 saturated carbocycles. The first kappa shape index (κ1) is 17.6. The Balaban J connectivity index is 2.35. The second kappa shape index (κ2) is 6.97. The number of rotatable bonds is 4. The summed E-state index contributed by atoms with van der Waals surface area (Å²) < 4.78 is 5.11. The fourth-order valence-electron chi connectivity index (χ4n) is 2.71. The lowest BCUT2D eigenvalue weighted by molar-refractivity contribution is -0.384. The highest BCUT2D eigenvalue weighted by Gasteiger charge is 2.22. The van der Waals surface area contributed by atoms with Gasteiger partial charge in [0.25, 0.3) is 5.69 Å². The number of carbonyl (C=O) groups is 1. The summed E-state index contributed by atoms with van der Waals surface area (Å²) in [7, 11) is 0. The number of carbonyl (C=O) groups excluding carboxylic acids is 1. The molecule has 1 heterocycles. The molecule has 0 aliphatic carbocycles. The van der Waals surface area contributed by atoms with Crippen molar-refractivity contribution in [1.29, 1.82) is 0 Å². The molecule has 2 aromatic carbocycles. The zero-order valence-corrected chi connectivity index (χ0v) is 14.5. The first-order valence-corrected chi connectivity index (χ1v) is 8.11. The quantitative estimate of drug-likeness (QED) is 0.417. The highest BCUT2D eigenvalue weighted by atomic mass is 35.5. The van der Waals surface area contributed by atoms with Crippen molar-refractivity contribution in [2.24, 2.45) is 0 Å². The van der Waals surface area contributed by atoms with Gasteiger partial charge in [-0.15, -0.1) is 0 Å². The van der Waals surface area contributed by atoms with Crippen molar-refractivity contribution in [2.45, 2.75) is 6.92 Å². The van der Waals surface area contributed by atoms with E-state index >= 15 is 0 Å². The fraction of sp³-hybridized carbons (Fsp3) is 0.111. The Morgan fingerprint density at radius 3 is 2.58 bits per heavy atom. The number of halogens is 1. The van der Waals surface area contributed by atoms with Crippen LogP contribution >= 0.6 is 11.6 Å². The lowest BCUT2D eigenvalue weighted by atomic mass is 9.95. The number of non-ortho nitro benzene ring substituents is 1. The number of hydrogen-bond acceptors (Lipinski definition) is 6. The summed E-state index contributed by atoms with van der Waals surface area (Å²) in [6, 6.07) is 10.8. The van der Waals surface area contributed by atoms with Crippen LogP contribution in [0.25, 0.3) is 22.0 Å². The van der Waals surface area contributed by atoms with Crippen LogP contribution in [0.4, 0.5) is 11.5 Å². The van der Waals surface area contributed by atoms with E-state index in [2.05, 4.69) is 4.98 Å². The molecule has 0 saturated heterocycles. The third kappa shape index (κ3) is 3.16. The van der Waals surface area contributed by atoms with Gasteiger partial charge >= 0.3 is 5.97 Å². The van der Waals surface area contributed by atoms with Gasteiger partial charge in [-0.25, -0.2) is 9.78 Å². The largest absolute Gasteiger partial charge is 0.462 e. The Morgan fingerprint density at radius 1 is 1.27 bits per heavy atom. The number of nitrogens with zero attached hydrogens (tertiary/aromatic N) is 2. The molecule has 1 aromatic heterocycles. The van der Waals surface area contributed by atoms with Gasteiger partial charge in [-0.2, -0.15) is 0 Å². The van der Waals surface area contributed by atoms with Crippen molar-refractivity contribution < 1.29 is 14.5 Å². The molecule has 0 radical (unpaired) electrons. The van der Waals surface area contributed by atoms with Crippen molar-refractivity contribution in [3.63, 3.8) is 0 Å². The van der Waals surface area contributed by atoms with Crippen molar-refractivity contribution in [1.82, 2.24) is 4.98 Å². The minimum atomic E-state index is -0.618. The van der Waals surface area contributed by atoms with Gasteiger partial charge in [0.05, 0.1) is 17.0 Å². The molecule has 7 nitrogen and oxygen atoms in total. The number of pyridine rings is 1. The van der Waals surface area contributed by atoms with Gasteiger partial charge in [0.2, 0.25) is 0 Å². The molecule has 3 rings (SSSR count). The fourth-order valence-corrected chi connectivity index (χ4v) is 2.89. The number of ether oxygens (including phenoxy) is 1. The van der Waals surface area contributed by atoms with Gasteiger partial charge in [-0.3, -0.25) is 10.1 Å². The predicted molar refractivity (Wildman–Crippen MR) is 99.2 cm³/mol. The van der Waals surface area contributed by atoms with Crippen LogP contribution in [0.5, 0.6) is 0 Å². The molecular formula is C18H14ClN3O4. The number of nitrogen functional groups attached to an aromatic ring is 1. The SMILES string of the molecule is CCOC(=O)c1c(N)nc2ccc(Cl)cc2c1-c1ccc([N+](=O)[O-])cc1. The lowest BCUT2D eigenvalue weighted by Gasteiger charge is -2.14. The summed E-state index contributed by atoms with van der Waals surface area (Å²) in [5, 5.41) is 12.0. The topological polar surface area (TPSA) is 108 Å². The van der Waals surface area contributed by atoms with Crippen LogP contribution in [-0.4, -0.2) is 22.5 Å². The molecule has 0 aliphatic heterocycles. The average molecular weight is 372 g/mol. The Hall–Kier alpha value is -3.19. The molecule has 0 amide bonds. The zero-order valence-electron chi connectivity index (χ0n) is 13.7. The number of nitro groups is 1. The summed E-state index contributed by atoms with van der Waals surface area (Å²) in [5.74, 6) is -0.598.